The molecule has 0 spiro atoms. The molecular formula is C13H20BrNO. The standard InChI is InChI=1S/C13H20BrNO/c1-4-10(2)15-9-11(3)16-13-7-5-6-12(14)8-13/h5-8,10-11,15H,4,9H2,1-3H3. The molecule has 2 unspecified atom stereocenters. The van der Waals surface area contributed by atoms with E-state index in [1.807, 2.05) is 24.3 Å². The molecule has 16 heavy (non-hydrogen) atoms. The summed E-state index contributed by atoms with van der Waals surface area (Å²) >= 11 is 3.43. The van der Waals surface area contributed by atoms with Crippen molar-refractivity contribution >= 4 is 15.9 Å². The third kappa shape index (κ3) is 4.99. The molecule has 0 radical (unpaired) electrons. The van der Waals surface area contributed by atoms with Gasteiger partial charge in [0, 0.05) is 17.1 Å². The summed E-state index contributed by atoms with van der Waals surface area (Å²) in [5.41, 5.74) is 0. The number of nitrogens with one attached hydrogen (secondary N) is 1. The van der Waals surface area contributed by atoms with Crippen LogP contribution in [0.4, 0.5) is 0 Å². The Balaban J connectivity index is 2.36. The van der Waals surface area contributed by atoms with Crippen molar-refractivity contribution in [3.63, 3.8) is 0 Å². The first-order valence-electron chi connectivity index (χ1n) is 5.77. The molecule has 0 fully saturated rings. The van der Waals surface area contributed by atoms with Crippen molar-refractivity contribution in [1.82, 2.24) is 5.32 Å². The number of hydrogen-bond acceptors (Lipinski definition) is 2. The Bertz CT molecular complexity index is 317. The molecular weight excluding hydrogens is 266 g/mol. The number of hydrogen-bond donors (Lipinski definition) is 1. The van der Waals surface area contributed by atoms with Crippen molar-refractivity contribution < 1.29 is 4.74 Å². The fraction of sp³-hybridized carbons (Fsp3) is 0.538. The highest BCUT2D eigenvalue weighted by Crippen LogP contribution is 2.18. The van der Waals surface area contributed by atoms with Crippen molar-refractivity contribution in [1.29, 1.82) is 0 Å². The van der Waals surface area contributed by atoms with Crippen LogP contribution >= 0.6 is 15.9 Å². The lowest BCUT2D eigenvalue weighted by atomic mass is 10.2. The van der Waals surface area contributed by atoms with Crippen molar-refractivity contribution in [2.24, 2.45) is 0 Å². The van der Waals surface area contributed by atoms with E-state index in [4.69, 9.17) is 4.74 Å². The van der Waals surface area contributed by atoms with E-state index in [-0.39, 0.29) is 6.10 Å². The van der Waals surface area contributed by atoms with Crippen LogP contribution in [0, 0.1) is 0 Å². The minimum Gasteiger partial charge on any atom is -0.489 e. The summed E-state index contributed by atoms with van der Waals surface area (Å²) in [6.45, 7) is 7.32. The second-order valence-corrected chi connectivity index (χ2v) is 5.02. The molecule has 3 heteroatoms. The Kier molecular flexibility index (Phi) is 5.85. The summed E-state index contributed by atoms with van der Waals surface area (Å²) in [5.74, 6) is 0.910. The number of halogens is 1. The van der Waals surface area contributed by atoms with E-state index in [2.05, 4.69) is 42.0 Å². The Labute approximate surface area is 107 Å². The molecule has 1 aromatic carbocycles. The van der Waals surface area contributed by atoms with Gasteiger partial charge in [-0.3, -0.25) is 0 Å². The number of ether oxygens (including phenoxy) is 1. The first kappa shape index (κ1) is 13.5. The van der Waals surface area contributed by atoms with E-state index in [1.54, 1.807) is 0 Å². The van der Waals surface area contributed by atoms with E-state index < -0.39 is 0 Å². The molecule has 1 N–H and O–H groups in total. The first-order chi connectivity index (χ1) is 7.61. The van der Waals surface area contributed by atoms with E-state index in [9.17, 15) is 0 Å². The van der Waals surface area contributed by atoms with E-state index in [0.717, 1.165) is 23.2 Å². The summed E-state index contributed by atoms with van der Waals surface area (Å²) in [7, 11) is 0. The molecule has 90 valence electrons. The molecule has 0 saturated carbocycles. The molecule has 1 aromatic rings. The SMILES string of the molecule is CCC(C)NCC(C)Oc1cccc(Br)c1. The van der Waals surface area contributed by atoms with Gasteiger partial charge in [0.15, 0.2) is 0 Å². The van der Waals surface area contributed by atoms with Crippen LogP contribution in [0.3, 0.4) is 0 Å². The molecule has 0 aromatic heterocycles. The van der Waals surface area contributed by atoms with Gasteiger partial charge in [-0.25, -0.2) is 0 Å². The molecule has 1 rings (SSSR count). The van der Waals surface area contributed by atoms with Crippen LogP contribution in [0.5, 0.6) is 5.75 Å². The minimum atomic E-state index is 0.184. The number of benzene rings is 1. The van der Waals surface area contributed by atoms with Gasteiger partial charge in [-0.05, 0) is 38.5 Å². The van der Waals surface area contributed by atoms with Crippen molar-refractivity contribution in [2.75, 3.05) is 6.54 Å². The average molecular weight is 286 g/mol. The fourth-order valence-electron chi connectivity index (χ4n) is 1.33. The Morgan fingerprint density at radius 2 is 2.12 bits per heavy atom. The van der Waals surface area contributed by atoms with Gasteiger partial charge in [0.25, 0.3) is 0 Å². The quantitative estimate of drug-likeness (QED) is 0.862. The maximum atomic E-state index is 5.80. The minimum absolute atomic E-state index is 0.184. The van der Waals surface area contributed by atoms with Crippen LogP contribution in [0.2, 0.25) is 0 Å². The summed E-state index contributed by atoms with van der Waals surface area (Å²) in [4.78, 5) is 0. The lowest BCUT2D eigenvalue weighted by molar-refractivity contribution is 0.212. The van der Waals surface area contributed by atoms with Crippen LogP contribution < -0.4 is 10.1 Å². The molecule has 0 aliphatic carbocycles. The van der Waals surface area contributed by atoms with Crippen LogP contribution in [-0.2, 0) is 0 Å². The summed E-state index contributed by atoms with van der Waals surface area (Å²) in [6, 6.07) is 8.49. The van der Waals surface area contributed by atoms with Gasteiger partial charge in [0.1, 0.15) is 11.9 Å². The lowest BCUT2D eigenvalue weighted by Crippen LogP contribution is -2.34. The zero-order chi connectivity index (χ0) is 12.0. The molecule has 0 heterocycles. The second kappa shape index (κ2) is 6.92. The predicted molar refractivity (Wildman–Crippen MR) is 72.0 cm³/mol. The molecule has 0 saturated heterocycles. The predicted octanol–water partition coefficient (Wildman–Crippen LogP) is 3.60. The van der Waals surface area contributed by atoms with Crippen molar-refractivity contribution in [3.05, 3.63) is 28.7 Å². The van der Waals surface area contributed by atoms with Gasteiger partial charge in [-0.2, -0.15) is 0 Å². The van der Waals surface area contributed by atoms with E-state index in [1.165, 1.54) is 0 Å². The topological polar surface area (TPSA) is 21.3 Å². The van der Waals surface area contributed by atoms with Gasteiger partial charge in [0.05, 0.1) is 0 Å². The van der Waals surface area contributed by atoms with Crippen LogP contribution in [-0.4, -0.2) is 18.7 Å². The number of rotatable bonds is 6. The van der Waals surface area contributed by atoms with Crippen LogP contribution in [0.15, 0.2) is 28.7 Å². The molecule has 0 aliphatic rings. The van der Waals surface area contributed by atoms with Crippen molar-refractivity contribution in [3.8, 4) is 5.75 Å². The smallest absolute Gasteiger partial charge is 0.120 e. The maximum Gasteiger partial charge on any atom is 0.120 e. The molecule has 2 nitrogen and oxygen atoms in total. The van der Waals surface area contributed by atoms with E-state index in [0.29, 0.717) is 6.04 Å². The average Bonchev–Trinajstić information content (AvgIpc) is 2.26. The highest BCUT2D eigenvalue weighted by molar-refractivity contribution is 9.10. The molecule has 0 amide bonds. The van der Waals surface area contributed by atoms with Gasteiger partial charge in [-0.15, -0.1) is 0 Å². The third-order valence-electron chi connectivity index (χ3n) is 2.50. The van der Waals surface area contributed by atoms with Gasteiger partial charge < -0.3 is 10.1 Å². The molecule has 0 aliphatic heterocycles. The summed E-state index contributed by atoms with van der Waals surface area (Å²) in [5, 5.41) is 3.43. The lowest BCUT2D eigenvalue weighted by Gasteiger charge is -2.18. The summed E-state index contributed by atoms with van der Waals surface area (Å²) < 4.78 is 6.85. The zero-order valence-electron chi connectivity index (χ0n) is 10.2. The van der Waals surface area contributed by atoms with Crippen LogP contribution in [0.25, 0.3) is 0 Å². The van der Waals surface area contributed by atoms with Gasteiger partial charge >= 0.3 is 0 Å². The molecule has 2 atom stereocenters. The Morgan fingerprint density at radius 1 is 1.38 bits per heavy atom. The maximum absolute atomic E-state index is 5.80. The largest absolute Gasteiger partial charge is 0.489 e. The fourth-order valence-corrected chi connectivity index (χ4v) is 1.70. The zero-order valence-corrected chi connectivity index (χ0v) is 11.8. The first-order valence-corrected chi connectivity index (χ1v) is 6.56. The van der Waals surface area contributed by atoms with E-state index >= 15 is 0 Å². The van der Waals surface area contributed by atoms with Gasteiger partial charge in [-0.1, -0.05) is 28.9 Å². The normalized spacial score (nSPS) is 14.5. The highest BCUT2D eigenvalue weighted by atomic mass is 79.9. The van der Waals surface area contributed by atoms with Crippen molar-refractivity contribution in [2.45, 2.75) is 39.3 Å². The highest BCUT2D eigenvalue weighted by Gasteiger charge is 2.05. The Morgan fingerprint density at radius 3 is 2.75 bits per heavy atom. The third-order valence-corrected chi connectivity index (χ3v) is 2.99. The molecule has 0 bridgehead atoms. The second-order valence-electron chi connectivity index (χ2n) is 4.10. The van der Waals surface area contributed by atoms with Gasteiger partial charge in [0.2, 0.25) is 0 Å². The monoisotopic (exact) mass is 285 g/mol. The Hall–Kier alpha value is -0.540. The summed E-state index contributed by atoms with van der Waals surface area (Å²) in [6.07, 6.45) is 1.33. The van der Waals surface area contributed by atoms with Crippen LogP contribution in [0.1, 0.15) is 27.2 Å².